The van der Waals surface area contributed by atoms with E-state index in [9.17, 15) is 5.11 Å². The largest absolute Gasteiger partial charge is 0.463 e. The third kappa shape index (κ3) is 2.87. The molecule has 0 aliphatic rings. The van der Waals surface area contributed by atoms with Gasteiger partial charge in [-0.25, -0.2) is 9.97 Å². The zero-order valence-electron chi connectivity index (χ0n) is 10.8. The Morgan fingerprint density at radius 3 is 2.50 bits per heavy atom. The first-order valence-electron chi connectivity index (χ1n) is 5.79. The summed E-state index contributed by atoms with van der Waals surface area (Å²) in [5.74, 6) is 1.79. The van der Waals surface area contributed by atoms with Gasteiger partial charge < -0.3 is 14.8 Å². The summed E-state index contributed by atoms with van der Waals surface area (Å²) in [5.41, 5.74) is -0.100. The monoisotopic (exact) mass is 247 g/mol. The summed E-state index contributed by atoms with van der Waals surface area (Å²) < 4.78 is 5.43. The second-order valence-electron chi connectivity index (χ2n) is 4.62. The smallest absolute Gasteiger partial charge is 0.222 e. The van der Waals surface area contributed by atoms with Crippen molar-refractivity contribution >= 4 is 5.95 Å². The summed E-state index contributed by atoms with van der Waals surface area (Å²) in [6, 6.07) is 3.60. The summed E-state index contributed by atoms with van der Waals surface area (Å²) >= 11 is 0. The van der Waals surface area contributed by atoms with Crippen molar-refractivity contribution in [3.05, 3.63) is 41.6 Å². The maximum atomic E-state index is 10.3. The summed E-state index contributed by atoms with van der Waals surface area (Å²) in [4.78, 5) is 8.23. The van der Waals surface area contributed by atoms with E-state index in [0.29, 0.717) is 11.7 Å². The van der Waals surface area contributed by atoms with Gasteiger partial charge in [0.05, 0.1) is 6.54 Å². The van der Waals surface area contributed by atoms with Crippen LogP contribution in [0.2, 0.25) is 0 Å². The van der Waals surface area contributed by atoms with Crippen molar-refractivity contribution in [1.29, 1.82) is 0 Å². The highest BCUT2D eigenvalue weighted by molar-refractivity contribution is 5.26. The topological polar surface area (TPSA) is 71.2 Å². The molecule has 0 amide bonds. The van der Waals surface area contributed by atoms with Crippen LogP contribution < -0.4 is 5.32 Å². The first kappa shape index (κ1) is 12.6. The van der Waals surface area contributed by atoms with E-state index in [1.54, 1.807) is 25.4 Å². The average Bonchev–Trinajstić information content (AvgIpc) is 2.76. The quantitative estimate of drug-likeness (QED) is 0.864. The molecule has 0 aliphatic heterocycles. The molecule has 2 aromatic heterocycles. The van der Waals surface area contributed by atoms with Crippen molar-refractivity contribution in [2.24, 2.45) is 0 Å². The molecule has 0 aromatic carbocycles. The minimum atomic E-state index is -1.09. The molecule has 2 aromatic rings. The van der Waals surface area contributed by atoms with Gasteiger partial charge in [0.25, 0.3) is 0 Å². The zero-order valence-corrected chi connectivity index (χ0v) is 10.8. The van der Waals surface area contributed by atoms with Crippen LogP contribution in [0.15, 0.2) is 28.9 Å². The first-order chi connectivity index (χ1) is 8.47. The Labute approximate surface area is 106 Å². The van der Waals surface area contributed by atoms with E-state index in [0.717, 1.165) is 11.3 Å². The number of nitrogens with one attached hydrogen (secondary N) is 1. The molecule has 2 rings (SSSR count). The third-order valence-electron chi connectivity index (χ3n) is 2.64. The number of nitrogens with zero attached hydrogens (tertiary/aromatic N) is 2. The van der Waals surface area contributed by atoms with Crippen LogP contribution in [0.25, 0.3) is 0 Å². The highest BCUT2D eigenvalue weighted by Crippen LogP contribution is 2.22. The van der Waals surface area contributed by atoms with Crippen molar-refractivity contribution in [3.8, 4) is 0 Å². The van der Waals surface area contributed by atoms with E-state index >= 15 is 0 Å². The molecule has 5 nitrogen and oxygen atoms in total. The number of aliphatic hydroxyl groups is 1. The molecule has 2 N–H and O–H groups in total. The lowest BCUT2D eigenvalue weighted by Crippen LogP contribution is -2.30. The molecule has 0 bridgehead atoms. The Morgan fingerprint density at radius 2 is 1.94 bits per heavy atom. The number of rotatable bonds is 4. The van der Waals surface area contributed by atoms with Gasteiger partial charge in [0.1, 0.15) is 17.1 Å². The van der Waals surface area contributed by atoms with Crippen LogP contribution >= 0.6 is 0 Å². The Morgan fingerprint density at radius 1 is 1.28 bits per heavy atom. The fraction of sp³-hybridized carbons (Fsp3) is 0.385. The summed E-state index contributed by atoms with van der Waals surface area (Å²) in [6.07, 6.45) is 3.45. The minimum Gasteiger partial charge on any atom is -0.463 e. The Balaban J connectivity index is 2.02. The predicted octanol–water partition coefficient (Wildman–Crippen LogP) is 2.01. The van der Waals surface area contributed by atoms with Crippen LogP contribution in [0.3, 0.4) is 0 Å². The molecule has 2 heterocycles. The number of furan rings is 1. The maximum absolute atomic E-state index is 10.3. The van der Waals surface area contributed by atoms with Gasteiger partial charge in [-0.3, -0.25) is 0 Å². The van der Waals surface area contributed by atoms with E-state index in [2.05, 4.69) is 15.3 Å². The van der Waals surface area contributed by atoms with E-state index in [1.807, 2.05) is 19.9 Å². The minimum absolute atomic E-state index is 0.281. The molecule has 0 aliphatic carbocycles. The highest BCUT2D eigenvalue weighted by Gasteiger charge is 2.26. The molecule has 18 heavy (non-hydrogen) atoms. The molecule has 0 saturated carbocycles. The van der Waals surface area contributed by atoms with Crippen LogP contribution in [0.4, 0.5) is 5.95 Å². The molecule has 96 valence electrons. The standard InChI is InChI=1S/C13H17N3O2/c1-9-6-14-12(15-7-9)16-8-13(3,17)11-5-4-10(2)18-11/h4-7,17H,8H2,1-3H3,(H,14,15,16). The molecule has 0 saturated heterocycles. The molecule has 0 radical (unpaired) electrons. The molecule has 5 heteroatoms. The van der Waals surface area contributed by atoms with Crippen molar-refractivity contribution in [2.45, 2.75) is 26.4 Å². The number of anilines is 1. The van der Waals surface area contributed by atoms with Gasteiger partial charge in [-0.05, 0) is 38.5 Å². The Hall–Kier alpha value is -1.88. The van der Waals surface area contributed by atoms with Gasteiger partial charge in [0, 0.05) is 12.4 Å². The lowest BCUT2D eigenvalue weighted by atomic mass is 10.0. The lowest BCUT2D eigenvalue weighted by Gasteiger charge is -2.21. The number of hydrogen-bond acceptors (Lipinski definition) is 5. The van der Waals surface area contributed by atoms with Gasteiger partial charge in [0.2, 0.25) is 5.95 Å². The van der Waals surface area contributed by atoms with Crippen LogP contribution in [0.5, 0.6) is 0 Å². The van der Waals surface area contributed by atoms with Gasteiger partial charge in [-0.2, -0.15) is 0 Å². The fourth-order valence-electron chi connectivity index (χ4n) is 1.55. The van der Waals surface area contributed by atoms with Gasteiger partial charge >= 0.3 is 0 Å². The predicted molar refractivity (Wildman–Crippen MR) is 68.3 cm³/mol. The molecule has 0 spiro atoms. The van der Waals surface area contributed by atoms with Gasteiger partial charge in [-0.1, -0.05) is 0 Å². The first-order valence-corrected chi connectivity index (χ1v) is 5.79. The number of aryl methyl sites for hydroxylation is 2. The van der Waals surface area contributed by atoms with E-state index in [-0.39, 0.29) is 6.54 Å². The van der Waals surface area contributed by atoms with Crippen molar-refractivity contribution in [2.75, 3.05) is 11.9 Å². The summed E-state index contributed by atoms with van der Waals surface area (Å²) in [7, 11) is 0. The summed E-state index contributed by atoms with van der Waals surface area (Å²) in [5, 5.41) is 13.3. The molecule has 1 atom stereocenters. The fourth-order valence-corrected chi connectivity index (χ4v) is 1.55. The Bertz CT molecular complexity index is 517. The second kappa shape index (κ2) is 4.78. The van der Waals surface area contributed by atoms with Crippen LogP contribution in [0.1, 0.15) is 24.0 Å². The lowest BCUT2D eigenvalue weighted by molar-refractivity contribution is 0.0466. The number of aromatic nitrogens is 2. The van der Waals surface area contributed by atoms with E-state index in [1.165, 1.54) is 0 Å². The van der Waals surface area contributed by atoms with E-state index < -0.39 is 5.60 Å². The van der Waals surface area contributed by atoms with Gasteiger partial charge in [-0.15, -0.1) is 0 Å². The molecule has 1 unspecified atom stereocenters. The molecule has 0 fully saturated rings. The molecular formula is C13H17N3O2. The van der Waals surface area contributed by atoms with Crippen molar-refractivity contribution in [1.82, 2.24) is 9.97 Å². The number of hydrogen-bond donors (Lipinski definition) is 2. The van der Waals surface area contributed by atoms with Crippen molar-refractivity contribution in [3.63, 3.8) is 0 Å². The van der Waals surface area contributed by atoms with Gasteiger partial charge in [0.15, 0.2) is 0 Å². The zero-order chi connectivity index (χ0) is 13.2. The van der Waals surface area contributed by atoms with Crippen LogP contribution in [-0.4, -0.2) is 21.6 Å². The van der Waals surface area contributed by atoms with Crippen LogP contribution in [-0.2, 0) is 5.60 Å². The van der Waals surface area contributed by atoms with Crippen molar-refractivity contribution < 1.29 is 9.52 Å². The van der Waals surface area contributed by atoms with E-state index in [4.69, 9.17) is 4.42 Å². The third-order valence-corrected chi connectivity index (χ3v) is 2.64. The highest BCUT2D eigenvalue weighted by atomic mass is 16.4. The Kier molecular flexibility index (Phi) is 3.34. The maximum Gasteiger partial charge on any atom is 0.222 e. The average molecular weight is 247 g/mol. The normalized spacial score (nSPS) is 14.2. The SMILES string of the molecule is Cc1cnc(NCC(C)(O)c2ccc(C)o2)nc1. The van der Waals surface area contributed by atoms with Crippen LogP contribution in [0, 0.1) is 13.8 Å². The summed E-state index contributed by atoms with van der Waals surface area (Å²) in [6.45, 7) is 5.73. The second-order valence-corrected chi connectivity index (χ2v) is 4.62. The molecular weight excluding hydrogens is 230 g/mol.